The summed E-state index contributed by atoms with van der Waals surface area (Å²) in [6.45, 7) is 1.96. The third kappa shape index (κ3) is 12.1. The normalized spacial score (nSPS) is 18.9. The van der Waals surface area contributed by atoms with Crippen LogP contribution in [0.2, 0.25) is 0 Å². The van der Waals surface area contributed by atoms with Crippen LogP contribution in [0.25, 0.3) is 0 Å². The fourth-order valence-electron chi connectivity index (χ4n) is 5.32. The van der Waals surface area contributed by atoms with Crippen molar-refractivity contribution in [2.24, 2.45) is 0 Å². The van der Waals surface area contributed by atoms with Gasteiger partial charge in [-0.2, -0.15) is 23.5 Å². The third-order valence-electron chi connectivity index (χ3n) is 7.87. The molecule has 3 heterocycles. The molecule has 3 fully saturated rings. The third-order valence-corrected chi connectivity index (χ3v) is 9.93. The van der Waals surface area contributed by atoms with E-state index in [1.807, 2.05) is 25.1 Å². The number of urea groups is 1. The Balaban J connectivity index is 1.24. The number of nitrogens with one attached hydrogen (secondary N) is 3. The summed E-state index contributed by atoms with van der Waals surface area (Å²) in [5.74, 6) is -1.85. The first-order valence-corrected chi connectivity index (χ1v) is 18.6. The van der Waals surface area contributed by atoms with Crippen LogP contribution in [-0.4, -0.2) is 81.2 Å². The molecule has 3 aliphatic heterocycles. The number of unbranched alkanes of at least 4 members (excludes halogenated alkanes) is 2. The van der Waals surface area contributed by atoms with Gasteiger partial charge in [-0.3, -0.25) is 24.0 Å². The Labute approximate surface area is 292 Å². The van der Waals surface area contributed by atoms with Crippen LogP contribution in [0, 0.1) is 0 Å². The Bertz CT molecular complexity index is 1350. The average Bonchev–Trinajstić information content (AvgIpc) is 3.67. The van der Waals surface area contributed by atoms with Crippen molar-refractivity contribution >= 4 is 76.7 Å². The van der Waals surface area contributed by atoms with E-state index in [9.17, 15) is 38.4 Å². The number of thioether (sulfide) groups is 2. The molecule has 2 unspecified atom stereocenters. The van der Waals surface area contributed by atoms with Crippen LogP contribution in [0.15, 0.2) is 18.2 Å². The smallest absolute Gasteiger partial charge is 0.334 e. The van der Waals surface area contributed by atoms with Crippen LogP contribution < -0.4 is 16.0 Å². The highest BCUT2D eigenvalue weighted by atomic mass is 32.2. The predicted octanol–water partition coefficient (Wildman–Crippen LogP) is 3.11. The summed E-state index contributed by atoms with van der Waals surface area (Å²) in [7, 11) is 0. The fourth-order valence-corrected chi connectivity index (χ4v) is 7.03. The highest BCUT2D eigenvalue weighted by Crippen LogP contribution is 2.24. The largest absolute Gasteiger partial charge is 0.334 e. The molecular weight excluding hydrogens is 679 g/mol. The lowest BCUT2D eigenvalue weighted by Gasteiger charge is -2.14. The molecule has 0 radical (unpaired) electrons. The average molecular weight is 720 g/mol. The molecule has 1 aromatic rings. The molecule has 0 saturated carbocycles. The van der Waals surface area contributed by atoms with E-state index >= 15 is 0 Å². The second kappa shape index (κ2) is 18.6. The van der Waals surface area contributed by atoms with Gasteiger partial charge in [0, 0.05) is 66.8 Å². The molecule has 49 heavy (non-hydrogen) atoms. The topological polar surface area (TPSA) is 198 Å². The number of imide groups is 2. The summed E-state index contributed by atoms with van der Waals surface area (Å²) in [6, 6.07) is 5.70. The number of benzene rings is 1. The molecule has 0 spiro atoms. The number of rotatable bonds is 19. The molecular formula is C32H41N5O10S2. The Morgan fingerprint density at radius 1 is 0.735 bits per heavy atom. The minimum atomic E-state index is -0.676. The van der Waals surface area contributed by atoms with Gasteiger partial charge < -0.3 is 25.6 Å². The van der Waals surface area contributed by atoms with Crippen molar-refractivity contribution < 1.29 is 48.0 Å². The molecule has 7 amide bonds. The summed E-state index contributed by atoms with van der Waals surface area (Å²) in [6.07, 6.45) is 3.68. The van der Waals surface area contributed by atoms with Gasteiger partial charge in [-0.15, -0.1) is 10.1 Å². The molecule has 3 saturated heterocycles. The van der Waals surface area contributed by atoms with E-state index in [-0.39, 0.29) is 62.5 Å². The van der Waals surface area contributed by atoms with Gasteiger partial charge in [-0.05, 0) is 43.0 Å². The maximum absolute atomic E-state index is 12.8. The lowest BCUT2D eigenvalue weighted by Crippen LogP contribution is -2.32. The van der Waals surface area contributed by atoms with Gasteiger partial charge in [-0.1, -0.05) is 18.9 Å². The summed E-state index contributed by atoms with van der Waals surface area (Å²) < 4.78 is 0. The lowest BCUT2D eigenvalue weighted by molar-refractivity contribution is -0.197. The number of amides is 7. The van der Waals surface area contributed by atoms with E-state index in [1.54, 1.807) is 0 Å². The van der Waals surface area contributed by atoms with Crippen LogP contribution >= 0.6 is 23.5 Å². The second-order valence-corrected chi connectivity index (χ2v) is 14.1. The SMILES string of the molecule is CC1NC(=O)NC1CCCCCC(=O)Nc1cc(CSCCC(=O)ON2C(=O)CCC2=O)cc(CSCCC(=O)ON2C(=O)CCC2=O)c1. The van der Waals surface area contributed by atoms with Crippen molar-refractivity contribution in [3.8, 4) is 0 Å². The zero-order valence-electron chi connectivity index (χ0n) is 27.3. The number of carbonyl (C=O) groups excluding carboxylic acids is 8. The number of anilines is 1. The first-order chi connectivity index (χ1) is 23.5. The highest BCUT2D eigenvalue weighted by Gasteiger charge is 2.33. The van der Waals surface area contributed by atoms with Crippen LogP contribution in [0.4, 0.5) is 10.5 Å². The van der Waals surface area contributed by atoms with Gasteiger partial charge in [0.15, 0.2) is 0 Å². The molecule has 266 valence electrons. The first-order valence-electron chi connectivity index (χ1n) is 16.3. The molecule has 3 N–H and O–H groups in total. The Hall–Kier alpha value is -4.12. The van der Waals surface area contributed by atoms with E-state index in [0.717, 1.165) is 30.4 Å². The highest BCUT2D eigenvalue weighted by molar-refractivity contribution is 7.98. The standard InChI is InChI=1S/C32H41N5O10S2/c1-20-24(35-32(45)33-20)5-3-2-4-6-25(38)34-23-16-21(18-48-13-11-30(43)46-36-26(39)7-8-27(36)40)15-22(17-23)19-49-14-12-31(44)47-37-28(41)9-10-29(37)42/h15-17,20,24H,2-14,18-19H2,1H3,(H,34,38)(H2,33,35,45). The summed E-state index contributed by atoms with van der Waals surface area (Å²) in [5, 5.41) is 9.76. The number of hydroxylamine groups is 4. The molecule has 4 rings (SSSR count). The van der Waals surface area contributed by atoms with Crippen LogP contribution in [0.5, 0.6) is 0 Å². The van der Waals surface area contributed by atoms with Gasteiger partial charge in [-0.25, -0.2) is 14.4 Å². The zero-order valence-corrected chi connectivity index (χ0v) is 28.9. The molecule has 15 nitrogen and oxygen atoms in total. The molecule has 1 aromatic carbocycles. The fraction of sp³-hybridized carbons (Fsp3) is 0.562. The van der Waals surface area contributed by atoms with E-state index < -0.39 is 35.6 Å². The van der Waals surface area contributed by atoms with E-state index in [2.05, 4.69) is 16.0 Å². The van der Waals surface area contributed by atoms with Crippen molar-refractivity contribution in [3.63, 3.8) is 0 Å². The van der Waals surface area contributed by atoms with Crippen molar-refractivity contribution in [1.29, 1.82) is 0 Å². The van der Waals surface area contributed by atoms with E-state index in [0.29, 0.717) is 51.7 Å². The minimum absolute atomic E-state index is 0.00583. The molecule has 3 aliphatic rings. The van der Waals surface area contributed by atoms with Crippen molar-refractivity contribution in [2.75, 3.05) is 16.8 Å². The molecule has 0 bridgehead atoms. The van der Waals surface area contributed by atoms with Crippen molar-refractivity contribution in [1.82, 2.24) is 20.8 Å². The van der Waals surface area contributed by atoms with Gasteiger partial charge in [0.1, 0.15) is 0 Å². The zero-order chi connectivity index (χ0) is 35.3. The van der Waals surface area contributed by atoms with Crippen LogP contribution in [0.1, 0.15) is 88.7 Å². The first kappa shape index (κ1) is 37.7. The second-order valence-electron chi connectivity index (χ2n) is 11.9. The van der Waals surface area contributed by atoms with Gasteiger partial charge in [0.25, 0.3) is 23.6 Å². The minimum Gasteiger partial charge on any atom is -0.334 e. The van der Waals surface area contributed by atoms with E-state index in [4.69, 9.17) is 9.68 Å². The summed E-state index contributed by atoms with van der Waals surface area (Å²) in [4.78, 5) is 105. The van der Waals surface area contributed by atoms with Gasteiger partial charge in [0.05, 0.1) is 18.9 Å². The molecule has 0 aliphatic carbocycles. The predicted molar refractivity (Wildman–Crippen MR) is 179 cm³/mol. The molecule has 17 heteroatoms. The monoisotopic (exact) mass is 719 g/mol. The quantitative estimate of drug-likeness (QED) is 0.140. The maximum atomic E-state index is 12.8. The number of hydrogen-bond acceptors (Lipinski definition) is 12. The summed E-state index contributed by atoms with van der Waals surface area (Å²) >= 11 is 2.90. The van der Waals surface area contributed by atoms with Gasteiger partial charge >= 0.3 is 18.0 Å². The van der Waals surface area contributed by atoms with Crippen molar-refractivity contribution in [3.05, 3.63) is 29.3 Å². The maximum Gasteiger partial charge on any atom is 0.334 e. The Kier molecular flexibility index (Phi) is 14.3. The lowest BCUT2D eigenvalue weighted by atomic mass is 10.0. The van der Waals surface area contributed by atoms with Crippen LogP contribution in [-0.2, 0) is 54.7 Å². The van der Waals surface area contributed by atoms with Crippen molar-refractivity contribution in [2.45, 2.75) is 101 Å². The molecule has 0 aromatic heterocycles. The van der Waals surface area contributed by atoms with Gasteiger partial charge in [0.2, 0.25) is 5.91 Å². The van der Waals surface area contributed by atoms with Crippen LogP contribution in [0.3, 0.4) is 0 Å². The molecule has 2 atom stereocenters. The Morgan fingerprint density at radius 2 is 1.24 bits per heavy atom. The number of nitrogens with zero attached hydrogens (tertiary/aromatic N) is 2. The number of hydrogen-bond donors (Lipinski definition) is 3. The van der Waals surface area contributed by atoms with E-state index in [1.165, 1.54) is 23.5 Å². The summed E-state index contributed by atoms with van der Waals surface area (Å²) in [5.41, 5.74) is 2.40. The number of carbonyl (C=O) groups is 8. The Morgan fingerprint density at radius 3 is 1.71 bits per heavy atom.